The number of aromatic carboxylic acids is 1. The minimum Gasteiger partial charge on any atom is -0.477 e. The fraction of sp³-hybridized carbons (Fsp3) is 0.182. The van der Waals surface area contributed by atoms with Crippen molar-refractivity contribution in [2.75, 3.05) is 6.26 Å². The Labute approximate surface area is 113 Å². The van der Waals surface area contributed by atoms with E-state index in [2.05, 4.69) is 10.1 Å². The maximum atomic E-state index is 11.2. The lowest BCUT2D eigenvalue weighted by Gasteiger charge is -2.04. The molecule has 2 aromatic heterocycles. The Morgan fingerprint density at radius 1 is 1.61 bits per heavy atom. The third-order valence-corrected chi connectivity index (χ3v) is 3.09. The molecular weight excluding hydrogens is 274 g/mol. The normalized spacial score (nSPS) is 10.6. The summed E-state index contributed by atoms with van der Waals surface area (Å²) in [5.41, 5.74) is 0.737. The summed E-state index contributed by atoms with van der Waals surface area (Å²) in [6.45, 7) is 0. The van der Waals surface area contributed by atoms with Gasteiger partial charge in [-0.25, -0.2) is 14.5 Å². The molecule has 1 N–H and O–H groups in total. The summed E-state index contributed by atoms with van der Waals surface area (Å²) in [6, 6.07) is 4.86. The molecule has 7 heteroatoms. The van der Waals surface area contributed by atoms with Crippen molar-refractivity contribution in [2.24, 2.45) is 0 Å². The standard InChI is InChI=1S/C11H10ClN3O2S/c1-18-6-7-5-9(11(16)17)15(14-7)10-8(12)3-2-4-13-10/h2-5H,6H2,1H3,(H,16,17). The van der Waals surface area contributed by atoms with E-state index < -0.39 is 5.97 Å². The van der Waals surface area contributed by atoms with Crippen LogP contribution in [-0.4, -0.2) is 32.1 Å². The summed E-state index contributed by atoms with van der Waals surface area (Å²) < 4.78 is 1.26. The molecule has 18 heavy (non-hydrogen) atoms. The van der Waals surface area contributed by atoms with Gasteiger partial charge in [0, 0.05) is 11.9 Å². The molecule has 0 spiro atoms. The van der Waals surface area contributed by atoms with Crippen molar-refractivity contribution in [3.05, 3.63) is 40.8 Å². The van der Waals surface area contributed by atoms with Crippen molar-refractivity contribution in [3.8, 4) is 5.82 Å². The summed E-state index contributed by atoms with van der Waals surface area (Å²) >= 11 is 7.57. The van der Waals surface area contributed by atoms with Crippen molar-refractivity contribution in [2.45, 2.75) is 5.75 Å². The molecule has 5 nitrogen and oxygen atoms in total. The summed E-state index contributed by atoms with van der Waals surface area (Å²) in [5.74, 6) is -0.0990. The molecule has 0 unspecified atom stereocenters. The van der Waals surface area contributed by atoms with Gasteiger partial charge in [0.2, 0.25) is 0 Å². The van der Waals surface area contributed by atoms with Crippen molar-refractivity contribution in [3.63, 3.8) is 0 Å². The Morgan fingerprint density at radius 3 is 3.00 bits per heavy atom. The van der Waals surface area contributed by atoms with Crippen LogP contribution in [0.15, 0.2) is 24.4 Å². The van der Waals surface area contributed by atoms with Gasteiger partial charge in [-0.15, -0.1) is 0 Å². The highest BCUT2D eigenvalue weighted by Gasteiger charge is 2.17. The first kappa shape index (κ1) is 12.9. The zero-order valence-corrected chi connectivity index (χ0v) is 11.1. The van der Waals surface area contributed by atoms with Crippen LogP contribution in [0.2, 0.25) is 5.02 Å². The second kappa shape index (κ2) is 5.41. The van der Waals surface area contributed by atoms with Gasteiger partial charge in [-0.2, -0.15) is 16.9 Å². The molecule has 2 aromatic rings. The Bertz CT molecular complexity index is 585. The Balaban J connectivity index is 2.55. The van der Waals surface area contributed by atoms with E-state index in [4.69, 9.17) is 16.7 Å². The first-order chi connectivity index (χ1) is 8.63. The highest BCUT2D eigenvalue weighted by atomic mass is 35.5. The van der Waals surface area contributed by atoms with Crippen molar-refractivity contribution in [1.82, 2.24) is 14.8 Å². The van der Waals surface area contributed by atoms with Crippen LogP contribution in [0.3, 0.4) is 0 Å². The zero-order valence-electron chi connectivity index (χ0n) is 9.50. The molecular formula is C11H10ClN3O2S. The molecule has 0 saturated carbocycles. The lowest BCUT2D eigenvalue weighted by Crippen LogP contribution is -2.09. The van der Waals surface area contributed by atoms with Crippen LogP contribution in [0.1, 0.15) is 16.2 Å². The van der Waals surface area contributed by atoms with Gasteiger partial charge in [-0.1, -0.05) is 11.6 Å². The maximum Gasteiger partial charge on any atom is 0.354 e. The van der Waals surface area contributed by atoms with Gasteiger partial charge in [0.1, 0.15) is 0 Å². The summed E-state index contributed by atoms with van der Waals surface area (Å²) in [5, 5.41) is 13.7. The second-order valence-electron chi connectivity index (χ2n) is 3.48. The molecule has 0 bridgehead atoms. The number of thioether (sulfide) groups is 1. The third kappa shape index (κ3) is 2.49. The maximum absolute atomic E-state index is 11.2. The number of nitrogens with zero attached hydrogens (tertiary/aromatic N) is 3. The van der Waals surface area contributed by atoms with E-state index >= 15 is 0 Å². The minimum atomic E-state index is -1.06. The first-order valence-corrected chi connectivity index (χ1v) is 6.82. The largest absolute Gasteiger partial charge is 0.477 e. The lowest BCUT2D eigenvalue weighted by atomic mass is 10.3. The first-order valence-electron chi connectivity index (χ1n) is 5.05. The van der Waals surface area contributed by atoms with Gasteiger partial charge in [0.25, 0.3) is 0 Å². The molecule has 0 saturated heterocycles. The SMILES string of the molecule is CSCc1cc(C(=O)O)n(-c2ncccc2Cl)n1. The van der Waals surface area contributed by atoms with Gasteiger partial charge in [-0.05, 0) is 24.5 Å². The zero-order chi connectivity index (χ0) is 13.1. The number of hydrogen-bond donors (Lipinski definition) is 1. The van der Waals surface area contributed by atoms with E-state index in [1.807, 2.05) is 6.26 Å². The van der Waals surface area contributed by atoms with Gasteiger partial charge in [-0.3, -0.25) is 0 Å². The molecule has 0 fully saturated rings. The minimum absolute atomic E-state index is 0.0552. The molecule has 0 radical (unpaired) electrons. The Kier molecular flexibility index (Phi) is 3.88. The van der Waals surface area contributed by atoms with E-state index in [0.29, 0.717) is 22.3 Å². The number of carboxylic acids is 1. The molecule has 94 valence electrons. The highest BCUT2D eigenvalue weighted by Crippen LogP contribution is 2.20. The van der Waals surface area contributed by atoms with Crippen molar-refractivity contribution in [1.29, 1.82) is 0 Å². The average Bonchev–Trinajstić information content (AvgIpc) is 2.74. The quantitative estimate of drug-likeness (QED) is 0.933. The summed E-state index contributed by atoms with van der Waals surface area (Å²) in [6.07, 6.45) is 3.47. The van der Waals surface area contributed by atoms with Crippen LogP contribution in [0, 0.1) is 0 Å². The van der Waals surface area contributed by atoms with E-state index in [-0.39, 0.29) is 5.69 Å². The van der Waals surface area contributed by atoms with Gasteiger partial charge >= 0.3 is 5.97 Å². The number of rotatable bonds is 4. The molecule has 0 aliphatic carbocycles. The number of aromatic nitrogens is 3. The highest BCUT2D eigenvalue weighted by molar-refractivity contribution is 7.97. The Morgan fingerprint density at radius 2 is 2.39 bits per heavy atom. The van der Waals surface area contributed by atoms with Crippen LogP contribution in [0.25, 0.3) is 5.82 Å². The van der Waals surface area contributed by atoms with Crippen LogP contribution in [0.5, 0.6) is 0 Å². The fourth-order valence-electron chi connectivity index (χ4n) is 1.50. The van der Waals surface area contributed by atoms with Crippen LogP contribution >= 0.6 is 23.4 Å². The monoisotopic (exact) mass is 283 g/mol. The van der Waals surface area contributed by atoms with Crippen LogP contribution in [-0.2, 0) is 5.75 Å². The van der Waals surface area contributed by atoms with Crippen molar-refractivity contribution >= 4 is 29.3 Å². The number of carboxylic acid groups (broad SMARTS) is 1. The number of hydrogen-bond acceptors (Lipinski definition) is 4. The Hall–Kier alpha value is -1.53. The molecule has 0 aromatic carbocycles. The molecule has 0 atom stereocenters. The molecule has 0 aliphatic heterocycles. The number of halogens is 1. The van der Waals surface area contributed by atoms with Crippen LogP contribution in [0.4, 0.5) is 0 Å². The van der Waals surface area contributed by atoms with E-state index in [1.54, 1.807) is 30.1 Å². The molecule has 0 aliphatic rings. The second-order valence-corrected chi connectivity index (χ2v) is 4.75. The average molecular weight is 284 g/mol. The van der Waals surface area contributed by atoms with E-state index in [1.165, 1.54) is 10.7 Å². The number of pyridine rings is 1. The molecule has 2 rings (SSSR count). The fourth-order valence-corrected chi connectivity index (χ4v) is 2.13. The van der Waals surface area contributed by atoms with Crippen LogP contribution < -0.4 is 0 Å². The van der Waals surface area contributed by atoms with Gasteiger partial charge in [0.05, 0.1) is 10.7 Å². The lowest BCUT2D eigenvalue weighted by molar-refractivity contribution is 0.0687. The predicted molar refractivity (Wildman–Crippen MR) is 70.5 cm³/mol. The van der Waals surface area contributed by atoms with Gasteiger partial charge in [0.15, 0.2) is 11.5 Å². The van der Waals surface area contributed by atoms with E-state index in [9.17, 15) is 4.79 Å². The molecule has 0 amide bonds. The predicted octanol–water partition coefficient (Wildman–Crippen LogP) is 2.48. The third-order valence-electron chi connectivity index (χ3n) is 2.21. The summed E-state index contributed by atoms with van der Waals surface area (Å²) in [7, 11) is 0. The van der Waals surface area contributed by atoms with Gasteiger partial charge < -0.3 is 5.11 Å². The van der Waals surface area contributed by atoms with E-state index in [0.717, 1.165) is 0 Å². The smallest absolute Gasteiger partial charge is 0.354 e. The topological polar surface area (TPSA) is 68.0 Å². The number of carbonyl (C=O) groups is 1. The molecule has 2 heterocycles. The summed E-state index contributed by atoms with van der Waals surface area (Å²) in [4.78, 5) is 15.2. The van der Waals surface area contributed by atoms with Crippen molar-refractivity contribution < 1.29 is 9.90 Å².